The number of nitrogens with one attached hydrogen (secondary N) is 1. The molecule has 1 aromatic carbocycles. The lowest BCUT2D eigenvalue weighted by Crippen LogP contribution is -2.23. The molecule has 150 valence electrons. The topological polar surface area (TPSA) is 116 Å². The number of amides is 1. The molecule has 0 aliphatic carbocycles. The standard InChI is InChI=1S/C17H16ClNO7S2/c1-9-13(16(21)25-2)15(27-14(9)17(22)26-3)19-12(20)8-28(23,24)11-6-4-10(18)5-7-11/h4-7H,8H2,1-3H3,(H,19,20). The number of carbonyl (C=O) groups is 3. The molecule has 1 heterocycles. The number of sulfone groups is 1. The molecule has 0 unspecified atom stereocenters. The highest BCUT2D eigenvalue weighted by Gasteiger charge is 2.28. The Bertz CT molecular complexity index is 1030. The highest BCUT2D eigenvalue weighted by molar-refractivity contribution is 7.92. The highest BCUT2D eigenvalue weighted by atomic mass is 35.5. The van der Waals surface area contributed by atoms with Crippen molar-refractivity contribution < 1.29 is 32.3 Å². The molecule has 1 N–H and O–H groups in total. The van der Waals surface area contributed by atoms with Gasteiger partial charge in [0, 0.05) is 5.02 Å². The number of benzene rings is 1. The monoisotopic (exact) mass is 445 g/mol. The van der Waals surface area contributed by atoms with Crippen LogP contribution in [0.25, 0.3) is 0 Å². The van der Waals surface area contributed by atoms with Crippen LogP contribution in [0.1, 0.15) is 25.6 Å². The average Bonchev–Trinajstić information content (AvgIpc) is 2.96. The van der Waals surface area contributed by atoms with E-state index in [0.717, 1.165) is 18.4 Å². The fourth-order valence-electron chi connectivity index (χ4n) is 2.30. The maximum atomic E-state index is 12.4. The predicted molar refractivity (Wildman–Crippen MR) is 104 cm³/mol. The van der Waals surface area contributed by atoms with E-state index >= 15 is 0 Å². The van der Waals surface area contributed by atoms with Crippen LogP contribution >= 0.6 is 22.9 Å². The first-order valence-electron chi connectivity index (χ1n) is 7.69. The minimum atomic E-state index is -3.93. The van der Waals surface area contributed by atoms with Crippen molar-refractivity contribution in [2.24, 2.45) is 0 Å². The van der Waals surface area contributed by atoms with Crippen LogP contribution in [0.15, 0.2) is 29.2 Å². The van der Waals surface area contributed by atoms with Gasteiger partial charge in [0.1, 0.15) is 15.6 Å². The Balaban J connectivity index is 2.31. The van der Waals surface area contributed by atoms with E-state index < -0.39 is 33.4 Å². The molecule has 0 fully saturated rings. The number of anilines is 1. The predicted octanol–water partition coefficient (Wildman–Crippen LogP) is 2.70. The summed E-state index contributed by atoms with van der Waals surface area (Å²) in [5.74, 6) is -3.21. The Kier molecular flexibility index (Phi) is 6.81. The molecular weight excluding hydrogens is 430 g/mol. The second-order valence-corrected chi connectivity index (χ2v) is 8.95. The van der Waals surface area contributed by atoms with Gasteiger partial charge < -0.3 is 14.8 Å². The minimum Gasteiger partial charge on any atom is -0.465 e. The van der Waals surface area contributed by atoms with Crippen molar-refractivity contribution in [2.45, 2.75) is 11.8 Å². The van der Waals surface area contributed by atoms with Gasteiger partial charge in [-0.1, -0.05) is 11.6 Å². The zero-order valence-electron chi connectivity index (χ0n) is 15.1. The Morgan fingerprint density at radius 1 is 1.07 bits per heavy atom. The summed E-state index contributed by atoms with van der Waals surface area (Å²) in [7, 11) is -1.61. The Morgan fingerprint density at radius 3 is 2.18 bits per heavy atom. The molecule has 0 spiro atoms. The number of rotatable bonds is 6. The zero-order chi connectivity index (χ0) is 21.1. The fraction of sp³-hybridized carbons (Fsp3) is 0.235. The lowest BCUT2D eigenvalue weighted by Gasteiger charge is -2.07. The summed E-state index contributed by atoms with van der Waals surface area (Å²) in [6.45, 7) is 1.50. The highest BCUT2D eigenvalue weighted by Crippen LogP contribution is 2.34. The largest absolute Gasteiger partial charge is 0.465 e. The van der Waals surface area contributed by atoms with Crippen molar-refractivity contribution in [2.75, 3.05) is 25.3 Å². The number of thiophene rings is 1. The van der Waals surface area contributed by atoms with E-state index in [1.165, 1.54) is 38.3 Å². The van der Waals surface area contributed by atoms with E-state index in [0.29, 0.717) is 5.02 Å². The summed E-state index contributed by atoms with van der Waals surface area (Å²) in [6, 6.07) is 5.37. The van der Waals surface area contributed by atoms with Crippen molar-refractivity contribution in [1.82, 2.24) is 0 Å². The van der Waals surface area contributed by atoms with E-state index in [1.807, 2.05) is 0 Å². The second kappa shape index (κ2) is 8.72. The molecule has 0 radical (unpaired) electrons. The molecule has 1 aromatic heterocycles. The van der Waals surface area contributed by atoms with Gasteiger partial charge in [-0.05, 0) is 36.8 Å². The Labute approximate surface area is 170 Å². The van der Waals surface area contributed by atoms with Crippen LogP contribution in [0.4, 0.5) is 5.00 Å². The molecule has 0 bridgehead atoms. The molecule has 2 rings (SSSR count). The molecule has 0 aliphatic heterocycles. The second-order valence-electron chi connectivity index (χ2n) is 5.50. The van der Waals surface area contributed by atoms with Gasteiger partial charge >= 0.3 is 11.9 Å². The smallest absolute Gasteiger partial charge is 0.348 e. The van der Waals surface area contributed by atoms with Crippen LogP contribution in [0, 0.1) is 6.92 Å². The number of hydrogen-bond acceptors (Lipinski definition) is 8. The van der Waals surface area contributed by atoms with Gasteiger partial charge in [-0.2, -0.15) is 0 Å². The van der Waals surface area contributed by atoms with E-state index in [9.17, 15) is 22.8 Å². The first-order chi connectivity index (χ1) is 13.1. The summed E-state index contributed by atoms with van der Waals surface area (Å²) in [6.07, 6.45) is 0. The summed E-state index contributed by atoms with van der Waals surface area (Å²) >= 11 is 6.53. The molecule has 0 saturated carbocycles. The summed E-state index contributed by atoms with van der Waals surface area (Å²) in [4.78, 5) is 36.2. The number of esters is 2. The lowest BCUT2D eigenvalue weighted by molar-refractivity contribution is -0.113. The van der Waals surface area contributed by atoms with Gasteiger partial charge in [0.2, 0.25) is 5.91 Å². The number of halogens is 1. The van der Waals surface area contributed by atoms with Crippen LogP contribution in [0.5, 0.6) is 0 Å². The van der Waals surface area contributed by atoms with E-state index in [4.69, 9.17) is 11.6 Å². The number of ether oxygens (including phenoxy) is 2. The van der Waals surface area contributed by atoms with Gasteiger partial charge in [-0.3, -0.25) is 4.79 Å². The van der Waals surface area contributed by atoms with Gasteiger partial charge in [0.15, 0.2) is 9.84 Å². The maximum absolute atomic E-state index is 12.4. The van der Waals surface area contributed by atoms with Crippen molar-refractivity contribution in [1.29, 1.82) is 0 Å². The van der Waals surface area contributed by atoms with Gasteiger partial charge in [-0.25, -0.2) is 18.0 Å². The molecule has 0 atom stereocenters. The number of hydrogen-bond donors (Lipinski definition) is 1. The third-order valence-corrected chi connectivity index (χ3v) is 6.73. The van der Waals surface area contributed by atoms with E-state index in [2.05, 4.69) is 14.8 Å². The van der Waals surface area contributed by atoms with Crippen LogP contribution in [0.2, 0.25) is 5.02 Å². The summed E-state index contributed by atoms with van der Waals surface area (Å²) < 4.78 is 34.1. The van der Waals surface area contributed by atoms with Gasteiger partial charge in [-0.15, -0.1) is 11.3 Å². The Morgan fingerprint density at radius 2 is 1.64 bits per heavy atom. The molecule has 1 amide bonds. The van der Waals surface area contributed by atoms with Crippen molar-refractivity contribution in [3.63, 3.8) is 0 Å². The minimum absolute atomic E-state index is 0.000978. The quantitative estimate of drug-likeness (QED) is 0.679. The zero-order valence-corrected chi connectivity index (χ0v) is 17.5. The summed E-state index contributed by atoms with van der Waals surface area (Å²) in [5.41, 5.74) is 0.227. The molecule has 0 aliphatic rings. The number of carbonyl (C=O) groups excluding carboxylic acids is 3. The van der Waals surface area contributed by atoms with Crippen molar-refractivity contribution in [3.05, 3.63) is 45.3 Å². The molecule has 28 heavy (non-hydrogen) atoms. The lowest BCUT2D eigenvalue weighted by atomic mass is 10.1. The van der Waals surface area contributed by atoms with Gasteiger partial charge in [0.25, 0.3) is 0 Å². The SMILES string of the molecule is COC(=O)c1sc(NC(=O)CS(=O)(=O)c2ccc(Cl)cc2)c(C(=O)OC)c1C. The van der Waals surface area contributed by atoms with E-state index in [1.54, 1.807) is 0 Å². The number of methoxy groups -OCH3 is 2. The third kappa shape index (κ3) is 4.70. The first kappa shape index (κ1) is 21.9. The summed E-state index contributed by atoms with van der Waals surface area (Å²) in [5, 5.41) is 2.73. The molecule has 11 heteroatoms. The fourth-order valence-corrected chi connectivity index (χ4v) is 4.69. The molecular formula is C17H16ClNO7S2. The average molecular weight is 446 g/mol. The van der Waals surface area contributed by atoms with E-state index in [-0.39, 0.29) is 25.9 Å². The molecule has 0 saturated heterocycles. The van der Waals surface area contributed by atoms with Crippen LogP contribution in [0.3, 0.4) is 0 Å². The molecule has 8 nitrogen and oxygen atoms in total. The third-order valence-electron chi connectivity index (χ3n) is 3.65. The van der Waals surface area contributed by atoms with Crippen molar-refractivity contribution in [3.8, 4) is 0 Å². The Hall–Kier alpha value is -2.43. The van der Waals surface area contributed by atoms with Crippen LogP contribution in [-0.2, 0) is 24.1 Å². The van der Waals surface area contributed by atoms with Crippen LogP contribution in [-0.4, -0.2) is 46.2 Å². The first-order valence-corrected chi connectivity index (χ1v) is 10.5. The van der Waals surface area contributed by atoms with Crippen molar-refractivity contribution >= 4 is 55.6 Å². The van der Waals surface area contributed by atoms with Gasteiger partial charge in [0.05, 0.1) is 24.7 Å². The normalized spacial score (nSPS) is 11.0. The maximum Gasteiger partial charge on any atom is 0.348 e. The molecule has 2 aromatic rings. The van der Waals surface area contributed by atoms with Crippen LogP contribution < -0.4 is 5.32 Å².